The standard InChI is InChI=1S/C26H37NO2/c1-3-4-9-18-26(28,23-14-16-24(29-2)17-15-23)25(22-12-7-5-8-13-22)21-27-19-10-6-11-20-27/h5,7-8,12-17,25,28H,3-4,6,9-11,18-21H2,1-2H3/t25-,26-/m1/s1. The van der Waals surface area contributed by atoms with Crippen molar-refractivity contribution in [3.63, 3.8) is 0 Å². The average Bonchev–Trinajstić information content (AvgIpc) is 2.79. The molecule has 0 aromatic heterocycles. The first-order valence-electron chi connectivity index (χ1n) is 11.3. The van der Waals surface area contributed by atoms with E-state index in [0.717, 1.165) is 56.6 Å². The molecule has 3 heteroatoms. The number of benzene rings is 2. The topological polar surface area (TPSA) is 32.7 Å². The van der Waals surface area contributed by atoms with Gasteiger partial charge in [0, 0.05) is 12.5 Å². The van der Waals surface area contributed by atoms with Gasteiger partial charge in [0.1, 0.15) is 5.75 Å². The van der Waals surface area contributed by atoms with Crippen LogP contribution in [0.2, 0.25) is 0 Å². The minimum atomic E-state index is -0.889. The van der Waals surface area contributed by atoms with Gasteiger partial charge in [0.25, 0.3) is 0 Å². The van der Waals surface area contributed by atoms with E-state index in [1.165, 1.54) is 24.8 Å². The van der Waals surface area contributed by atoms with Gasteiger partial charge in [-0.15, -0.1) is 0 Å². The van der Waals surface area contributed by atoms with Crippen LogP contribution in [0.15, 0.2) is 54.6 Å². The number of nitrogens with zero attached hydrogens (tertiary/aromatic N) is 1. The summed E-state index contributed by atoms with van der Waals surface area (Å²) in [4.78, 5) is 2.55. The Bertz CT molecular complexity index is 709. The number of likely N-dealkylation sites (tertiary alicyclic amines) is 1. The monoisotopic (exact) mass is 395 g/mol. The van der Waals surface area contributed by atoms with Crippen molar-refractivity contribution < 1.29 is 9.84 Å². The van der Waals surface area contributed by atoms with Gasteiger partial charge in [0.15, 0.2) is 0 Å². The molecule has 0 aliphatic carbocycles. The third-order valence-electron chi connectivity index (χ3n) is 6.42. The normalized spacial score (nSPS) is 18.2. The molecule has 0 spiro atoms. The van der Waals surface area contributed by atoms with E-state index in [1.807, 2.05) is 12.1 Å². The number of aliphatic hydroxyl groups is 1. The van der Waals surface area contributed by atoms with Gasteiger partial charge in [-0.05, 0) is 55.6 Å². The molecule has 3 rings (SSSR count). The number of piperidine rings is 1. The van der Waals surface area contributed by atoms with Crippen LogP contribution in [0, 0.1) is 0 Å². The van der Waals surface area contributed by atoms with Gasteiger partial charge < -0.3 is 14.7 Å². The lowest BCUT2D eigenvalue weighted by atomic mass is 9.73. The van der Waals surface area contributed by atoms with Crippen LogP contribution >= 0.6 is 0 Å². The second-order valence-electron chi connectivity index (χ2n) is 8.43. The predicted octanol–water partition coefficient (Wildman–Crippen LogP) is 5.73. The number of hydrogen-bond donors (Lipinski definition) is 1. The van der Waals surface area contributed by atoms with Crippen molar-refractivity contribution in [2.75, 3.05) is 26.7 Å². The summed E-state index contributed by atoms with van der Waals surface area (Å²) in [7, 11) is 1.69. The van der Waals surface area contributed by atoms with E-state index in [0.29, 0.717) is 0 Å². The average molecular weight is 396 g/mol. The second kappa shape index (κ2) is 10.8. The molecule has 1 N–H and O–H groups in total. The molecule has 1 fully saturated rings. The molecule has 158 valence electrons. The van der Waals surface area contributed by atoms with E-state index < -0.39 is 5.60 Å². The number of ether oxygens (including phenoxy) is 1. The van der Waals surface area contributed by atoms with E-state index >= 15 is 0 Å². The van der Waals surface area contributed by atoms with Gasteiger partial charge >= 0.3 is 0 Å². The molecule has 0 bridgehead atoms. The summed E-state index contributed by atoms with van der Waals surface area (Å²) >= 11 is 0. The zero-order valence-electron chi connectivity index (χ0n) is 18.1. The fourth-order valence-electron chi connectivity index (χ4n) is 4.66. The molecular formula is C26H37NO2. The third-order valence-corrected chi connectivity index (χ3v) is 6.42. The Morgan fingerprint density at radius 1 is 0.966 bits per heavy atom. The first-order chi connectivity index (χ1) is 14.2. The predicted molar refractivity (Wildman–Crippen MR) is 121 cm³/mol. The van der Waals surface area contributed by atoms with E-state index in [4.69, 9.17) is 4.74 Å². The highest BCUT2D eigenvalue weighted by Gasteiger charge is 2.40. The number of methoxy groups -OCH3 is 1. The first-order valence-corrected chi connectivity index (χ1v) is 11.3. The summed E-state index contributed by atoms with van der Waals surface area (Å²) < 4.78 is 5.36. The van der Waals surface area contributed by atoms with Crippen LogP contribution in [0.5, 0.6) is 5.75 Å². The highest BCUT2D eigenvalue weighted by atomic mass is 16.5. The fourth-order valence-corrected chi connectivity index (χ4v) is 4.66. The molecule has 0 saturated carbocycles. The molecule has 29 heavy (non-hydrogen) atoms. The van der Waals surface area contributed by atoms with Gasteiger partial charge in [0.2, 0.25) is 0 Å². The van der Waals surface area contributed by atoms with Gasteiger partial charge in [-0.1, -0.05) is 75.1 Å². The Labute approximate surface area is 176 Å². The Morgan fingerprint density at radius 3 is 2.28 bits per heavy atom. The molecule has 0 unspecified atom stereocenters. The zero-order chi connectivity index (χ0) is 20.5. The molecular weight excluding hydrogens is 358 g/mol. The Kier molecular flexibility index (Phi) is 8.14. The molecule has 2 atom stereocenters. The van der Waals surface area contributed by atoms with E-state index in [9.17, 15) is 5.11 Å². The van der Waals surface area contributed by atoms with Crippen molar-refractivity contribution in [2.45, 2.75) is 63.4 Å². The molecule has 0 amide bonds. The quantitative estimate of drug-likeness (QED) is 0.521. The highest BCUT2D eigenvalue weighted by Crippen LogP contribution is 2.42. The Morgan fingerprint density at radius 2 is 1.66 bits per heavy atom. The van der Waals surface area contributed by atoms with Gasteiger partial charge in [-0.3, -0.25) is 0 Å². The smallest absolute Gasteiger partial charge is 0.118 e. The summed E-state index contributed by atoms with van der Waals surface area (Å²) in [5.41, 5.74) is 1.34. The van der Waals surface area contributed by atoms with Crippen LogP contribution in [-0.2, 0) is 5.60 Å². The maximum atomic E-state index is 12.2. The highest BCUT2D eigenvalue weighted by molar-refractivity contribution is 5.35. The second-order valence-corrected chi connectivity index (χ2v) is 8.43. The lowest BCUT2D eigenvalue weighted by Crippen LogP contribution is -2.42. The maximum absolute atomic E-state index is 12.2. The fraction of sp³-hybridized carbons (Fsp3) is 0.538. The Hall–Kier alpha value is -1.84. The molecule has 1 heterocycles. The van der Waals surface area contributed by atoms with Crippen LogP contribution < -0.4 is 4.74 Å². The van der Waals surface area contributed by atoms with Crippen LogP contribution in [0.4, 0.5) is 0 Å². The Balaban J connectivity index is 1.97. The van der Waals surface area contributed by atoms with Gasteiger partial charge in [0.05, 0.1) is 12.7 Å². The van der Waals surface area contributed by atoms with Gasteiger partial charge in [-0.2, -0.15) is 0 Å². The van der Waals surface area contributed by atoms with Crippen LogP contribution in [-0.4, -0.2) is 36.8 Å². The molecule has 1 saturated heterocycles. The van der Waals surface area contributed by atoms with Crippen molar-refractivity contribution in [3.05, 3.63) is 65.7 Å². The molecule has 1 aliphatic heterocycles. The van der Waals surface area contributed by atoms with E-state index in [1.54, 1.807) is 7.11 Å². The molecule has 1 aliphatic rings. The van der Waals surface area contributed by atoms with Crippen molar-refractivity contribution in [1.82, 2.24) is 4.90 Å². The summed E-state index contributed by atoms with van der Waals surface area (Å²) in [5.74, 6) is 0.879. The molecule has 2 aromatic carbocycles. The van der Waals surface area contributed by atoms with Crippen molar-refractivity contribution in [1.29, 1.82) is 0 Å². The zero-order valence-corrected chi connectivity index (χ0v) is 18.1. The lowest BCUT2D eigenvalue weighted by molar-refractivity contribution is -0.0167. The molecule has 2 aromatic rings. The number of hydrogen-bond acceptors (Lipinski definition) is 3. The minimum Gasteiger partial charge on any atom is -0.497 e. The first kappa shape index (κ1) is 21.9. The third kappa shape index (κ3) is 5.61. The summed E-state index contributed by atoms with van der Waals surface area (Å²) in [6.07, 6.45) is 7.95. The maximum Gasteiger partial charge on any atom is 0.118 e. The van der Waals surface area contributed by atoms with E-state index in [-0.39, 0.29) is 5.92 Å². The van der Waals surface area contributed by atoms with Crippen LogP contribution in [0.3, 0.4) is 0 Å². The minimum absolute atomic E-state index is 0.0482. The molecule has 3 nitrogen and oxygen atoms in total. The number of unbranched alkanes of at least 4 members (excludes halogenated alkanes) is 2. The van der Waals surface area contributed by atoms with Crippen LogP contribution in [0.25, 0.3) is 0 Å². The SMILES string of the molecule is CCCCC[C@@](O)(c1ccc(OC)cc1)[C@H](CN1CCCCC1)c1ccccc1. The lowest BCUT2D eigenvalue weighted by Gasteiger charge is -2.41. The largest absolute Gasteiger partial charge is 0.497 e. The van der Waals surface area contributed by atoms with Crippen LogP contribution in [0.1, 0.15) is 68.9 Å². The van der Waals surface area contributed by atoms with Crippen molar-refractivity contribution in [2.24, 2.45) is 0 Å². The summed E-state index contributed by atoms with van der Waals surface area (Å²) in [6, 6.07) is 18.7. The van der Waals surface area contributed by atoms with Crippen molar-refractivity contribution >= 4 is 0 Å². The molecule has 0 radical (unpaired) electrons. The van der Waals surface area contributed by atoms with E-state index in [2.05, 4.69) is 54.3 Å². The summed E-state index contributed by atoms with van der Waals surface area (Å²) in [6.45, 7) is 5.39. The summed E-state index contributed by atoms with van der Waals surface area (Å²) in [5, 5.41) is 12.2. The number of rotatable bonds is 10. The van der Waals surface area contributed by atoms with Crippen molar-refractivity contribution in [3.8, 4) is 5.75 Å². The van der Waals surface area contributed by atoms with Gasteiger partial charge in [-0.25, -0.2) is 0 Å².